The van der Waals surface area contributed by atoms with Crippen molar-refractivity contribution in [1.82, 2.24) is 15.5 Å². The minimum absolute atomic E-state index is 0.000582. The molecule has 272 valence electrons. The van der Waals surface area contributed by atoms with Crippen LogP contribution < -0.4 is 24.8 Å². The van der Waals surface area contributed by atoms with Crippen LogP contribution in [0, 0.1) is 11.3 Å². The summed E-state index contributed by atoms with van der Waals surface area (Å²) < 4.78 is 60.9. The molecule has 0 unspecified atom stereocenters. The number of nitriles is 1. The number of amides is 1. The van der Waals surface area contributed by atoms with Gasteiger partial charge in [0, 0.05) is 51.2 Å². The van der Waals surface area contributed by atoms with E-state index in [1.807, 2.05) is 19.9 Å². The third-order valence-electron chi connectivity index (χ3n) is 9.03. The van der Waals surface area contributed by atoms with E-state index in [-0.39, 0.29) is 54.0 Å². The van der Waals surface area contributed by atoms with Gasteiger partial charge in [0.1, 0.15) is 0 Å². The van der Waals surface area contributed by atoms with Crippen molar-refractivity contribution in [1.29, 1.82) is 5.26 Å². The second kappa shape index (κ2) is 17.2. The topological polar surface area (TPSA) is 139 Å². The molecule has 1 aliphatic heterocycles. The Morgan fingerprint density at radius 1 is 1.10 bits per heavy atom. The van der Waals surface area contributed by atoms with Gasteiger partial charge >= 0.3 is 12.1 Å². The van der Waals surface area contributed by atoms with E-state index in [0.29, 0.717) is 38.1 Å². The van der Waals surface area contributed by atoms with Crippen LogP contribution in [-0.4, -0.2) is 92.9 Å². The lowest BCUT2D eigenvalue weighted by Crippen LogP contribution is -2.54. The maximum atomic E-state index is 14.1. The largest absolute Gasteiger partial charge is 0.493 e. The van der Waals surface area contributed by atoms with E-state index in [9.17, 15) is 27.6 Å². The fourth-order valence-corrected chi connectivity index (χ4v) is 6.26. The van der Waals surface area contributed by atoms with Gasteiger partial charge in [-0.15, -0.1) is 0 Å². The van der Waals surface area contributed by atoms with E-state index in [0.717, 1.165) is 31.2 Å². The first kappa shape index (κ1) is 38.6. The predicted octanol–water partition coefficient (Wildman–Crippen LogP) is 4.75. The molecule has 2 atom stereocenters. The van der Waals surface area contributed by atoms with Gasteiger partial charge in [-0.05, 0) is 82.3 Å². The highest BCUT2D eigenvalue weighted by Crippen LogP contribution is 2.42. The highest BCUT2D eigenvalue weighted by atomic mass is 19.4. The lowest BCUT2D eigenvalue weighted by molar-refractivity contribution is -0.189. The van der Waals surface area contributed by atoms with E-state index >= 15 is 0 Å². The molecule has 1 aliphatic carbocycles. The third kappa shape index (κ3) is 9.74. The molecule has 1 saturated carbocycles. The Morgan fingerprint density at radius 2 is 1.86 bits per heavy atom. The Morgan fingerprint density at radius 3 is 2.46 bits per heavy atom. The van der Waals surface area contributed by atoms with Crippen molar-refractivity contribution >= 4 is 17.7 Å². The molecule has 4 rings (SSSR count). The van der Waals surface area contributed by atoms with Crippen LogP contribution in [0.5, 0.6) is 17.2 Å². The van der Waals surface area contributed by atoms with Crippen LogP contribution >= 0.6 is 0 Å². The van der Waals surface area contributed by atoms with Crippen molar-refractivity contribution < 1.29 is 46.5 Å². The first-order valence-electron chi connectivity index (χ1n) is 16.8. The summed E-state index contributed by atoms with van der Waals surface area (Å²) in [5, 5.41) is 16.1. The van der Waals surface area contributed by atoms with E-state index in [4.69, 9.17) is 24.2 Å². The van der Waals surface area contributed by atoms with E-state index in [2.05, 4.69) is 16.7 Å². The fraction of sp³-hybridized carbons (Fsp3) is 0.556. The Labute approximate surface area is 290 Å². The van der Waals surface area contributed by atoms with E-state index < -0.39 is 29.3 Å². The molecule has 2 aromatic rings. The highest BCUT2D eigenvalue weighted by molar-refractivity contribution is 6.00. The van der Waals surface area contributed by atoms with Gasteiger partial charge in [-0.25, -0.2) is 4.79 Å². The molecule has 0 bridgehead atoms. The number of nitrogens with zero attached hydrogens (tertiary/aromatic N) is 2. The number of carbonyl (C=O) groups excluding carboxylic acids is 3. The summed E-state index contributed by atoms with van der Waals surface area (Å²) in [6.07, 6.45) is -1.06. The summed E-state index contributed by atoms with van der Waals surface area (Å²) in [5.74, 6) is -3.94. The molecule has 2 aromatic carbocycles. The number of hydrogen-bond acceptors (Lipinski definition) is 10. The number of carbonyl (C=O) groups is 3. The van der Waals surface area contributed by atoms with Crippen LogP contribution in [0.3, 0.4) is 0 Å². The van der Waals surface area contributed by atoms with Gasteiger partial charge in [0.05, 0.1) is 36.5 Å². The molecule has 50 heavy (non-hydrogen) atoms. The van der Waals surface area contributed by atoms with Gasteiger partial charge in [-0.1, -0.05) is 12.1 Å². The Kier molecular flexibility index (Phi) is 13.2. The molecule has 1 amide bonds. The van der Waals surface area contributed by atoms with Crippen molar-refractivity contribution in [3.8, 4) is 23.3 Å². The zero-order chi connectivity index (χ0) is 36.5. The third-order valence-corrected chi connectivity index (χ3v) is 9.03. The van der Waals surface area contributed by atoms with E-state index in [1.54, 1.807) is 23.1 Å². The minimum atomic E-state index is -5.32. The molecule has 1 saturated heterocycles. The number of Topliss-reactive ketones (excluding diaryl/α,β-unsaturated/α-hetero) is 1. The number of ketones is 1. The maximum absolute atomic E-state index is 14.1. The van der Waals surface area contributed by atoms with Crippen LogP contribution in [-0.2, 0) is 20.7 Å². The quantitative estimate of drug-likeness (QED) is 0.135. The number of piperidine rings is 1. The van der Waals surface area contributed by atoms with Crippen LogP contribution in [0.25, 0.3) is 0 Å². The van der Waals surface area contributed by atoms with Crippen LogP contribution in [0.2, 0.25) is 0 Å². The summed E-state index contributed by atoms with van der Waals surface area (Å²) in [4.78, 5) is 40.9. The summed E-state index contributed by atoms with van der Waals surface area (Å²) in [5.41, 5.74) is 0.536. The molecule has 2 fully saturated rings. The normalized spacial score (nSPS) is 18.2. The van der Waals surface area contributed by atoms with Gasteiger partial charge in [0.25, 0.3) is 5.91 Å². The number of methoxy groups -OCH3 is 2. The molecule has 11 nitrogen and oxygen atoms in total. The Bertz CT molecular complexity index is 1550. The summed E-state index contributed by atoms with van der Waals surface area (Å²) in [7, 11) is 2.77. The average Bonchev–Trinajstić information content (AvgIpc) is 3.88. The van der Waals surface area contributed by atoms with Crippen LogP contribution in [0.15, 0.2) is 36.4 Å². The highest BCUT2D eigenvalue weighted by Gasteiger charge is 2.48. The summed E-state index contributed by atoms with van der Waals surface area (Å²) in [6, 6.07) is 11.3. The van der Waals surface area contributed by atoms with Gasteiger partial charge in [0.2, 0.25) is 5.75 Å². The lowest BCUT2D eigenvalue weighted by atomic mass is 9.95. The van der Waals surface area contributed by atoms with Crippen molar-refractivity contribution in [3.05, 3.63) is 53.1 Å². The Balaban J connectivity index is 1.41. The number of esters is 1. The number of nitrogens with one attached hydrogen (secondary N) is 2. The molecular formula is C36H45F3N4O7. The molecule has 2 N–H and O–H groups in total. The molecule has 2 aliphatic rings. The second-order valence-electron chi connectivity index (χ2n) is 12.9. The predicted molar refractivity (Wildman–Crippen MR) is 177 cm³/mol. The zero-order valence-corrected chi connectivity index (χ0v) is 28.9. The molecular weight excluding hydrogens is 657 g/mol. The van der Waals surface area contributed by atoms with Crippen molar-refractivity contribution in [3.63, 3.8) is 0 Å². The SMILES string of the molecule is COCCCOc1c(OC)ccc(C(=O)N(C(C)C)[C@@H]2CC[C@H](CCNC3(C(=O)Cc4cccc(C#N)c4)CC3)NC2)c1OC(=O)C(F)(F)F. The van der Waals surface area contributed by atoms with Crippen molar-refractivity contribution in [2.45, 2.75) is 88.6 Å². The van der Waals surface area contributed by atoms with Crippen molar-refractivity contribution in [2.24, 2.45) is 0 Å². The second-order valence-corrected chi connectivity index (χ2v) is 12.9. The number of halogens is 3. The lowest BCUT2D eigenvalue weighted by Gasteiger charge is -2.40. The molecule has 0 spiro atoms. The average molecular weight is 703 g/mol. The van der Waals surface area contributed by atoms with Gasteiger partial charge in [-0.3, -0.25) is 9.59 Å². The molecule has 0 aromatic heterocycles. The number of hydrogen-bond donors (Lipinski definition) is 2. The van der Waals surface area contributed by atoms with Crippen molar-refractivity contribution in [2.75, 3.05) is 40.5 Å². The molecule has 0 radical (unpaired) electrons. The zero-order valence-electron chi connectivity index (χ0n) is 28.9. The first-order valence-corrected chi connectivity index (χ1v) is 16.8. The minimum Gasteiger partial charge on any atom is -0.493 e. The number of alkyl halides is 3. The summed E-state index contributed by atoms with van der Waals surface area (Å²) >= 11 is 0. The van der Waals surface area contributed by atoms with E-state index in [1.165, 1.54) is 26.4 Å². The van der Waals surface area contributed by atoms with Gasteiger partial charge in [-0.2, -0.15) is 18.4 Å². The molecule has 14 heteroatoms. The number of benzene rings is 2. The smallest absolute Gasteiger partial charge is 0.491 e. The number of ether oxygens (including phenoxy) is 4. The first-order chi connectivity index (χ1) is 23.8. The fourth-order valence-electron chi connectivity index (χ4n) is 6.26. The van der Waals surface area contributed by atoms with Crippen LogP contribution in [0.4, 0.5) is 13.2 Å². The maximum Gasteiger partial charge on any atom is 0.491 e. The monoisotopic (exact) mass is 702 g/mol. The molecule has 1 heterocycles. The Hall–Kier alpha value is -4.19. The summed E-state index contributed by atoms with van der Waals surface area (Å²) in [6.45, 7) is 4.98. The van der Waals surface area contributed by atoms with Gasteiger partial charge < -0.3 is 34.5 Å². The van der Waals surface area contributed by atoms with Gasteiger partial charge in [0.15, 0.2) is 17.3 Å². The van der Waals surface area contributed by atoms with Crippen LogP contribution in [0.1, 0.15) is 73.9 Å². The number of rotatable bonds is 17. The standard InChI is InChI=1S/C36H45F3N4O7/c1-23(2)43(33(45)28-11-12-29(48-4)32(49-18-6-17-47-3)31(28)50-34(46)36(37,38)39)27-10-9-26(41-22-27)13-16-42-35(14-15-35)30(44)20-24-7-5-8-25(19-24)21-40/h5,7-8,11-12,19,23,26-27,41-42H,6,9-10,13-18,20,22H2,1-4H3/t26-,27-/m1/s1.